The van der Waals surface area contributed by atoms with Crippen molar-refractivity contribution in [3.63, 3.8) is 0 Å². The van der Waals surface area contributed by atoms with Crippen molar-refractivity contribution >= 4 is 21.7 Å². The van der Waals surface area contributed by atoms with Crippen LogP contribution in [0.15, 0.2) is 18.2 Å². The van der Waals surface area contributed by atoms with Gasteiger partial charge in [-0.25, -0.2) is 0 Å². The summed E-state index contributed by atoms with van der Waals surface area (Å²) >= 11 is 0. The summed E-state index contributed by atoms with van der Waals surface area (Å²) in [6.45, 7) is 1.49. The molecular weight excluding hydrogens is 457 g/mol. The maximum Gasteiger partial charge on any atom is 0.534 e. The summed E-state index contributed by atoms with van der Waals surface area (Å²) in [5.41, 5.74) is -6.65. The van der Waals surface area contributed by atoms with Crippen LogP contribution < -0.4 is 18.4 Å². The van der Waals surface area contributed by atoms with Crippen molar-refractivity contribution < 1.29 is 49.6 Å². The predicted octanol–water partition coefficient (Wildman–Crippen LogP) is 3.28. The summed E-state index contributed by atoms with van der Waals surface area (Å²) < 4.78 is 81.7. The van der Waals surface area contributed by atoms with Crippen molar-refractivity contribution in [2.24, 2.45) is 0 Å². The van der Waals surface area contributed by atoms with Gasteiger partial charge in [-0.2, -0.15) is 21.6 Å². The Morgan fingerprint density at radius 3 is 1.97 bits per heavy atom. The summed E-state index contributed by atoms with van der Waals surface area (Å²) in [7, 11) is -2.29. The summed E-state index contributed by atoms with van der Waals surface area (Å²) in [6.07, 6.45) is -0.0623. The second kappa shape index (κ2) is 8.01. The quantitative estimate of drug-likeness (QED) is 0.396. The van der Waals surface area contributed by atoms with Gasteiger partial charge in [0.1, 0.15) is 17.2 Å². The van der Waals surface area contributed by atoms with E-state index in [0.717, 1.165) is 13.2 Å². The fourth-order valence-electron chi connectivity index (χ4n) is 3.43. The minimum Gasteiger partial charge on any atom is -0.497 e. The van der Waals surface area contributed by atoms with Gasteiger partial charge in [0.2, 0.25) is 5.78 Å². The molecule has 3 rings (SSSR count). The first kappa shape index (κ1) is 23.4. The topological polar surface area (TPSA) is 105 Å². The zero-order chi connectivity index (χ0) is 24.0. The highest BCUT2D eigenvalue weighted by molar-refractivity contribution is 7.88. The van der Waals surface area contributed by atoms with Crippen LogP contribution in [0.4, 0.5) is 13.2 Å². The summed E-state index contributed by atoms with van der Waals surface area (Å²) in [6, 6.07) is 3.47. The van der Waals surface area contributed by atoms with Crippen LogP contribution in [-0.2, 0) is 16.5 Å². The molecule has 1 aliphatic carbocycles. The van der Waals surface area contributed by atoms with Crippen LogP contribution in [0.5, 0.6) is 23.0 Å². The number of benzene rings is 2. The van der Waals surface area contributed by atoms with Gasteiger partial charge in [-0.3, -0.25) is 9.59 Å². The number of carbonyl (C=O) groups excluding carboxylic acids is 2. The number of rotatable bonds is 6. The van der Waals surface area contributed by atoms with Crippen molar-refractivity contribution in [1.82, 2.24) is 0 Å². The summed E-state index contributed by atoms with van der Waals surface area (Å²) in [5, 5.41) is 0. The van der Waals surface area contributed by atoms with Gasteiger partial charge in [-0.15, -0.1) is 0 Å². The maximum absolute atomic E-state index is 13.3. The third-order valence-corrected chi connectivity index (χ3v) is 5.82. The second-order valence-corrected chi connectivity index (χ2v) is 8.09. The first-order valence-electron chi connectivity index (χ1n) is 9.01. The smallest absolute Gasteiger partial charge is 0.497 e. The lowest BCUT2D eigenvalue weighted by Gasteiger charge is -2.25. The SMILES string of the molecule is CCc1c(OS(=O)(=O)C(F)(F)F)cc2c(c1OC)C(=O)c1c(OC)cc(OC)cc1C2=O. The monoisotopic (exact) mass is 474 g/mol. The minimum absolute atomic E-state index is 0.0448. The molecule has 2 aromatic rings. The molecule has 0 saturated heterocycles. The Labute approximate surface area is 181 Å². The lowest BCUT2D eigenvalue weighted by atomic mass is 9.81. The van der Waals surface area contributed by atoms with Crippen LogP contribution in [0.25, 0.3) is 0 Å². The average Bonchev–Trinajstić information content (AvgIpc) is 2.74. The molecule has 0 aliphatic heterocycles. The molecule has 12 heteroatoms. The molecule has 1 aliphatic rings. The lowest BCUT2D eigenvalue weighted by molar-refractivity contribution is -0.0500. The van der Waals surface area contributed by atoms with E-state index < -0.39 is 32.9 Å². The molecule has 0 atom stereocenters. The standard InChI is InChI=1S/C20H17F3O8S/c1-5-10-13(31-32(26,27)20(21,22)23)8-12-16(19(10)30-4)18(25)15-11(17(12)24)6-9(28-2)7-14(15)29-3/h6-8H,5H2,1-4H3. The molecule has 0 heterocycles. The Bertz CT molecular complexity index is 1230. The van der Waals surface area contributed by atoms with E-state index in [0.29, 0.717) is 0 Å². The molecule has 0 N–H and O–H groups in total. The largest absolute Gasteiger partial charge is 0.534 e. The highest BCUT2D eigenvalue weighted by Gasteiger charge is 2.49. The summed E-state index contributed by atoms with van der Waals surface area (Å²) in [4.78, 5) is 26.6. The molecule has 8 nitrogen and oxygen atoms in total. The number of carbonyl (C=O) groups is 2. The average molecular weight is 474 g/mol. The molecule has 0 aromatic heterocycles. The van der Waals surface area contributed by atoms with E-state index >= 15 is 0 Å². The molecule has 0 spiro atoms. The van der Waals surface area contributed by atoms with Crippen molar-refractivity contribution in [2.45, 2.75) is 18.9 Å². The van der Waals surface area contributed by atoms with Gasteiger partial charge < -0.3 is 18.4 Å². The van der Waals surface area contributed by atoms with Crippen LogP contribution in [0, 0.1) is 0 Å². The number of ketones is 2. The molecule has 0 bridgehead atoms. The number of halogens is 3. The van der Waals surface area contributed by atoms with E-state index in [2.05, 4.69) is 4.18 Å². The Morgan fingerprint density at radius 1 is 0.844 bits per heavy atom. The van der Waals surface area contributed by atoms with Crippen LogP contribution in [0.1, 0.15) is 44.3 Å². The van der Waals surface area contributed by atoms with Crippen molar-refractivity contribution in [2.75, 3.05) is 21.3 Å². The van der Waals surface area contributed by atoms with Crippen LogP contribution in [-0.4, -0.2) is 46.8 Å². The highest BCUT2D eigenvalue weighted by atomic mass is 32.2. The van der Waals surface area contributed by atoms with Crippen LogP contribution in [0.2, 0.25) is 0 Å². The van der Waals surface area contributed by atoms with Crippen molar-refractivity contribution in [1.29, 1.82) is 0 Å². The number of hydrogen-bond acceptors (Lipinski definition) is 8. The minimum atomic E-state index is -6.04. The zero-order valence-electron chi connectivity index (χ0n) is 17.2. The van der Waals surface area contributed by atoms with Gasteiger partial charge in [-0.05, 0) is 18.6 Å². The fraction of sp³-hybridized carbons (Fsp3) is 0.300. The van der Waals surface area contributed by atoms with Crippen LogP contribution >= 0.6 is 0 Å². The van der Waals surface area contributed by atoms with E-state index in [1.54, 1.807) is 0 Å². The summed E-state index contributed by atoms with van der Waals surface area (Å²) in [5.74, 6) is -2.26. The molecule has 32 heavy (non-hydrogen) atoms. The number of hydrogen-bond donors (Lipinski definition) is 0. The Hall–Kier alpha value is -3.28. The van der Waals surface area contributed by atoms with Gasteiger partial charge in [0.15, 0.2) is 11.5 Å². The molecule has 0 radical (unpaired) electrons. The Balaban J connectivity index is 2.34. The number of ether oxygens (including phenoxy) is 3. The number of fused-ring (bicyclic) bond motifs is 2. The van der Waals surface area contributed by atoms with E-state index in [4.69, 9.17) is 14.2 Å². The van der Waals surface area contributed by atoms with Gasteiger partial charge in [0, 0.05) is 22.8 Å². The van der Waals surface area contributed by atoms with E-state index in [1.807, 2.05) is 0 Å². The van der Waals surface area contributed by atoms with Crippen molar-refractivity contribution in [3.8, 4) is 23.0 Å². The first-order valence-corrected chi connectivity index (χ1v) is 10.4. The highest BCUT2D eigenvalue weighted by Crippen LogP contribution is 2.44. The molecular formula is C20H17F3O8S. The molecule has 0 fully saturated rings. The Kier molecular flexibility index (Phi) is 5.85. The molecule has 172 valence electrons. The lowest BCUT2D eigenvalue weighted by Crippen LogP contribution is -2.29. The van der Waals surface area contributed by atoms with Gasteiger partial charge in [0.05, 0.1) is 32.5 Å². The van der Waals surface area contributed by atoms with Gasteiger partial charge in [-0.1, -0.05) is 6.92 Å². The molecule has 0 unspecified atom stereocenters. The van der Waals surface area contributed by atoms with E-state index in [-0.39, 0.29) is 51.5 Å². The molecule has 0 saturated carbocycles. The van der Waals surface area contributed by atoms with Gasteiger partial charge in [0.25, 0.3) is 0 Å². The molecule has 0 amide bonds. The Morgan fingerprint density at radius 2 is 1.47 bits per heavy atom. The molecule has 2 aromatic carbocycles. The van der Waals surface area contributed by atoms with Crippen LogP contribution in [0.3, 0.4) is 0 Å². The second-order valence-electron chi connectivity index (χ2n) is 6.56. The third-order valence-electron chi connectivity index (χ3n) is 4.86. The zero-order valence-corrected chi connectivity index (χ0v) is 18.1. The fourth-order valence-corrected chi connectivity index (χ4v) is 3.91. The van der Waals surface area contributed by atoms with E-state index in [1.165, 1.54) is 33.3 Å². The first-order chi connectivity index (χ1) is 14.9. The number of alkyl halides is 3. The maximum atomic E-state index is 13.3. The van der Waals surface area contributed by atoms with Crippen molar-refractivity contribution in [3.05, 3.63) is 46.0 Å². The third kappa shape index (κ3) is 3.53. The number of methoxy groups -OCH3 is 3. The van der Waals surface area contributed by atoms with E-state index in [9.17, 15) is 31.2 Å². The van der Waals surface area contributed by atoms with Gasteiger partial charge >= 0.3 is 15.6 Å². The normalized spacial score (nSPS) is 13.3. The predicted molar refractivity (Wildman–Crippen MR) is 104 cm³/mol.